The molecule has 0 aromatic heterocycles. The Hall–Kier alpha value is -0.400. The predicted octanol–water partition coefficient (Wildman–Crippen LogP) is 1.55. The minimum Gasteiger partial charge on any atom is -0.225 e. The summed E-state index contributed by atoms with van der Waals surface area (Å²) in [4.78, 5) is 0. The van der Waals surface area contributed by atoms with Crippen LogP contribution in [0.5, 0.6) is 0 Å². The van der Waals surface area contributed by atoms with Crippen LogP contribution in [0.2, 0.25) is 0 Å². The summed E-state index contributed by atoms with van der Waals surface area (Å²) in [6, 6.07) is 7.43. The fourth-order valence-electron chi connectivity index (χ4n) is 0.747. The first kappa shape index (κ1) is 10.7. The van der Waals surface area contributed by atoms with Crippen molar-refractivity contribution in [3.8, 4) is 0 Å². The summed E-state index contributed by atoms with van der Waals surface area (Å²) in [6.45, 7) is 0. The molecule has 0 fully saturated rings. The molecule has 1 aromatic carbocycles. The maximum Gasteiger partial charge on any atom is 0.231 e. The van der Waals surface area contributed by atoms with Gasteiger partial charge in [-0.05, 0) is 46.4 Å². The van der Waals surface area contributed by atoms with Crippen molar-refractivity contribution in [2.24, 2.45) is 5.14 Å². The van der Waals surface area contributed by atoms with Gasteiger partial charge in [0.2, 0.25) is 10.0 Å². The Labute approximate surface area is 90.8 Å². The first-order chi connectivity index (χ1) is 5.97. The van der Waals surface area contributed by atoms with Crippen molar-refractivity contribution in [1.82, 2.24) is 0 Å². The lowest BCUT2D eigenvalue weighted by molar-refractivity contribution is 0.606. The number of hydrogen-bond donors (Lipinski definition) is 1. The second-order valence-electron chi connectivity index (χ2n) is 2.44. The highest BCUT2D eigenvalue weighted by Gasteiger charge is 1.93. The molecule has 0 unspecified atom stereocenters. The van der Waals surface area contributed by atoms with Gasteiger partial charge in [0.05, 0.1) is 0 Å². The molecule has 0 amide bonds. The third kappa shape index (κ3) is 4.39. The Bertz CT molecular complexity index is 408. The lowest BCUT2D eigenvalue weighted by Gasteiger charge is -1.92. The molecule has 0 heterocycles. The molecule has 1 rings (SSSR count). The number of benzene rings is 1. The zero-order valence-corrected chi connectivity index (χ0v) is 9.62. The maximum absolute atomic E-state index is 10.6. The summed E-state index contributed by atoms with van der Waals surface area (Å²) >= 11 is 2.17. The molecular formula is C8H8INO2S. The summed E-state index contributed by atoms with van der Waals surface area (Å²) in [5, 5.41) is 5.78. The quantitative estimate of drug-likeness (QED) is 0.843. The third-order valence-corrected chi connectivity index (χ3v) is 2.55. The minimum atomic E-state index is -3.51. The van der Waals surface area contributed by atoms with Crippen molar-refractivity contribution in [2.75, 3.05) is 0 Å². The molecule has 0 aliphatic carbocycles. The van der Waals surface area contributed by atoms with E-state index in [2.05, 4.69) is 22.6 Å². The zero-order valence-electron chi connectivity index (χ0n) is 6.64. The number of primary sulfonamides is 1. The van der Waals surface area contributed by atoms with Crippen LogP contribution in [0.1, 0.15) is 5.56 Å². The Morgan fingerprint density at radius 2 is 1.77 bits per heavy atom. The SMILES string of the molecule is NS(=O)(=O)/C=C\c1ccc(I)cc1. The van der Waals surface area contributed by atoms with E-state index in [1.165, 1.54) is 6.08 Å². The Morgan fingerprint density at radius 1 is 1.23 bits per heavy atom. The van der Waals surface area contributed by atoms with Crippen LogP contribution in [-0.2, 0) is 10.0 Å². The Morgan fingerprint density at radius 3 is 2.23 bits per heavy atom. The van der Waals surface area contributed by atoms with Crippen molar-refractivity contribution >= 4 is 38.7 Å². The van der Waals surface area contributed by atoms with E-state index in [9.17, 15) is 8.42 Å². The number of halogens is 1. The summed E-state index contributed by atoms with van der Waals surface area (Å²) < 4.78 is 22.2. The van der Waals surface area contributed by atoms with E-state index in [-0.39, 0.29) is 0 Å². The fraction of sp³-hybridized carbons (Fsp3) is 0. The number of rotatable bonds is 2. The zero-order chi connectivity index (χ0) is 9.90. The largest absolute Gasteiger partial charge is 0.231 e. The summed E-state index contributed by atoms with van der Waals surface area (Å²) in [5.74, 6) is 0. The molecule has 0 aliphatic heterocycles. The van der Waals surface area contributed by atoms with Gasteiger partial charge < -0.3 is 0 Å². The molecule has 0 spiro atoms. The molecule has 3 nitrogen and oxygen atoms in total. The number of sulfonamides is 1. The Balaban J connectivity index is 2.88. The van der Waals surface area contributed by atoms with Crippen LogP contribution in [0, 0.1) is 3.57 Å². The topological polar surface area (TPSA) is 60.2 Å². The standard InChI is InChI=1S/C8H8INO2S/c9-8-3-1-7(2-4-8)5-6-13(10,11)12/h1-6H,(H2,10,11,12)/b6-5-. The average molecular weight is 309 g/mol. The first-order valence-electron chi connectivity index (χ1n) is 3.44. The van der Waals surface area contributed by atoms with Crippen LogP contribution in [-0.4, -0.2) is 8.42 Å². The van der Waals surface area contributed by atoms with Gasteiger partial charge in [-0.1, -0.05) is 12.1 Å². The second-order valence-corrected chi connectivity index (χ2v) is 5.14. The highest BCUT2D eigenvalue weighted by Crippen LogP contribution is 2.08. The minimum absolute atomic E-state index is 0.814. The lowest BCUT2D eigenvalue weighted by atomic mass is 10.2. The monoisotopic (exact) mass is 309 g/mol. The molecule has 0 saturated heterocycles. The average Bonchev–Trinajstić information content (AvgIpc) is 2.02. The lowest BCUT2D eigenvalue weighted by Crippen LogP contribution is -2.06. The molecule has 13 heavy (non-hydrogen) atoms. The van der Waals surface area contributed by atoms with E-state index in [0.29, 0.717) is 0 Å². The summed E-state index contributed by atoms with van der Waals surface area (Å²) in [7, 11) is -3.51. The highest BCUT2D eigenvalue weighted by atomic mass is 127. The predicted molar refractivity (Wildman–Crippen MR) is 61.3 cm³/mol. The van der Waals surface area contributed by atoms with Crippen LogP contribution >= 0.6 is 22.6 Å². The van der Waals surface area contributed by atoms with Gasteiger partial charge >= 0.3 is 0 Å². The normalized spacial score (nSPS) is 12.2. The maximum atomic E-state index is 10.6. The summed E-state index contributed by atoms with van der Waals surface area (Å²) in [5.41, 5.74) is 0.814. The first-order valence-corrected chi connectivity index (χ1v) is 6.13. The second kappa shape index (κ2) is 4.21. The molecule has 70 valence electrons. The van der Waals surface area contributed by atoms with Crippen molar-refractivity contribution < 1.29 is 8.42 Å². The van der Waals surface area contributed by atoms with Gasteiger partial charge in [-0.15, -0.1) is 0 Å². The molecular weight excluding hydrogens is 301 g/mol. The van der Waals surface area contributed by atoms with Gasteiger partial charge in [-0.2, -0.15) is 0 Å². The van der Waals surface area contributed by atoms with Crippen molar-refractivity contribution in [2.45, 2.75) is 0 Å². The molecule has 0 bridgehead atoms. The van der Waals surface area contributed by atoms with E-state index in [4.69, 9.17) is 5.14 Å². The van der Waals surface area contributed by atoms with Gasteiger partial charge in [0.25, 0.3) is 0 Å². The van der Waals surface area contributed by atoms with Gasteiger partial charge in [-0.25, -0.2) is 13.6 Å². The molecule has 2 N–H and O–H groups in total. The Kier molecular flexibility index (Phi) is 3.46. The van der Waals surface area contributed by atoms with E-state index in [0.717, 1.165) is 14.5 Å². The highest BCUT2D eigenvalue weighted by molar-refractivity contribution is 14.1. The molecule has 0 saturated carbocycles. The molecule has 1 aromatic rings. The molecule has 0 atom stereocenters. The van der Waals surface area contributed by atoms with Gasteiger partial charge in [0.1, 0.15) is 0 Å². The fourth-order valence-corrected chi connectivity index (χ4v) is 1.45. The van der Waals surface area contributed by atoms with E-state index < -0.39 is 10.0 Å². The van der Waals surface area contributed by atoms with Crippen molar-refractivity contribution in [1.29, 1.82) is 0 Å². The van der Waals surface area contributed by atoms with Gasteiger partial charge in [0.15, 0.2) is 0 Å². The third-order valence-electron chi connectivity index (χ3n) is 1.32. The smallest absolute Gasteiger partial charge is 0.225 e. The van der Waals surface area contributed by atoms with Crippen LogP contribution < -0.4 is 5.14 Å². The molecule has 0 aliphatic rings. The summed E-state index contributed by atoms with van der Waals surface area (Å²) in [6.07, 6.45) is 1.46. The van der Waals surface area contributed by atoms with E-state index >= 15 is 0 Å². The van der Waals surface area contributed by atoms with Crippen molar-refractivity contribution in [3.05, 3.63) is 38.8 Å². The number of hydrogen-bond acceptors (Lipinski definition) is 2. The van der Waals surface area contributed by atoms with Gasteiger partial charge in [-0.3, -0.25) is 0 Å². The van der Waals surface area contributed by atoms with Crippen LogP contribution in [0.4, 0.5) is 0 Å². The van der Waals surface area contributed by atoms with Gasteiger partial charge in [0, 0.05) is 8.98 Å². The molecule has 0 radical (unpaired) electrons. The van der Waals surface area contributed by atoms with Crippen LogP contribution in [0.15, 0.2) is 29.7 Å². The van der Waals surface area contributed by atoms with E-state index in [1.54, 1.807) is 0 Å². The van der Waals surface area contributed by atoms with E-state index in [1.807, 2.05) is 24.3 Å². The molecule has 5 heteroatoms. The van der Waals surface area contributed by atoms with Crippen LogP contribution in [0.25, 0.3) is 6.08 Å². The van der Waals surface area contributed by atoms with Crippen LogP contribution in [0.3, 0.4) is 0 Å². The van der Waals surface area contributed by atoms with Crippen molar-refractivity contribution in [3.63, 3.8) is 0 Å². The number of nitrogens with two attached hydrogens (primary N) is 1.